The summed E-state index contributed by atoms with van der Waals surface area (Å²) in [7, 11) is 0. The van der Waals surface area contributed by atoms with E-state index in [1.807, 2.05) is 6.07 Å². The van der Waals surface area contributed by atoms with Crippen LogP contribution in [0.5, 0.6) is 0 Å². The molecule has 0 aromatic carbocycles. The van der Waals surface area contributed by atoms with Gasteiger partial charge in [-0.3, -0.25) is 0 Å². The predicted octanol–water partition coefficient (Wildman–Crippen LogP) is 2.76. The fraction of sp³-hybridized carbons (Fsp3) is 0.533. The topological polar surface area (TPSA) is 52.0 Å². The summed E-state index contributed by atoms with van der Waals surface area (Å²) in [6, 6.07) is 1.87. The zero-order chi connectivity index (χ0) is 13.3. The molecule has 3 heterocycles. The molecular formula is C15H16O4. The largest absolute Gasteiger partial charge is 0.472 e. The SMILES string of the molecule is CC1=CCC[C@@]2(C)[C@H](c3ccoc3)OC(=O)[C@H]3O[C@]132. The zero-order valence-electron chi connectivity index (χ0n) is 11.0. The van der Waals surface area contributed by atoms with E-state index in [2.05, 4.69) is 19.9 Å². The van der Waals surface area contributed by atoms with E-state index in [0.29, 0.717) is 0 Å². The van der Waals surface area contributed by atoms with Crippen LogP contribution in [0, 0.1) is 5.41 Å². The maximum absolute atomic E-state index is 12.1. The van der Waals surface area contributed by atoms with Crippen molar-refractivity contribution < 1.29 is 18.7 Å². The Hall–Kier alpha value is -1.55. The summed E-state index contributed by atoms with van der Waals surface area (Å²) in [6.45, 7) is 4.22. The molecule has 0 bridgehead atoms. The molecule has 0 amide bonds. The van der Waals surface area contributed by atoms with Gasteiger partial charge in [0.25, 0.3) is 0 Å². The van der Waals surface area contributed by atoms with Crippen molar-refractivity contribution in [2.45, 2.75) is 44.5 Å². The number of epoxide rings is 1. The number of carbonyl (C=O) groups excluding carboxylic acids is 1. The van der Waals surface area contributed by atoms with Crippen molar-refractivity contribution in [1.82, 2.24) is 0 Å². The van der Waals surface area contributed by atoms with Gasteiger partial charge in [0.1, 0.15) is 11.7 Å². The summed E-state index contributed by atoms with van der Waals surface area (Å²) in [5.74, 6) is -0.252. The first-order valence-electron chi connectivity index (χ1n) is 6.67. The molecule has 4 nitrogen and oxygen atoms in total. The lowest BCUT2D eigenvalue weighted by molar-refractivity contribution is -0.166. The molecule has 1 aliphatic carbocycles. The van der Waals surface area contributed by atoms with Crippen LogP contribution in [0.4, 0.5) is 0 Å². The minimum absolute atomic E-state index is 0.214. The number of cyclic esters (lactones) is 1. The highest BCUT2D eigenvalue weighted by atomic mass is 16.7. The molecule has 2 aliphatic heterocycles. The second-order valence-electron chi connectivity index (χ2n) is 5.95. The predicted molar refractivity (Wildman–Crippen MR) is 66.2 cm³/mol. The summed E-state index contributed by atoms with van der Waals surface area (Å²) < 4.78 is 16.7. The van der Waals surface area contributed by atoms with Crippen LogP contribution in [0.1, 0.15) is 38.4 Å². The van der Waals surface area contributed by atoms with Crippen LogP contribution in [0.3, 0.4) is 0 Å². The van der Waals surface area contributed by atoms with Gasteiger partial charge in [-0.1, -0.05) is 13.0 Å². The van der Waals surface area contributed by atoms with Crippen molar-refractivity contribution in [3.63, 3.8) is 0 Å². The molecule has 4 rings (SSSR count). The summed E-state index contributed by atoms with van der Waals surface area (Å²) in [4.78, 5) is 12.1. The standard InChI is InChI=1S/C15H16O4/c1-9-4-3-6-14(2)11(10-5-7-17-8-10)18-13(16)12-15(9,14)19-12/h4-5,7-8,11-12H,3,6H2,1-2H3/t11-,12+,14-,15+/m0/s1. The average Bonchev–Trinajstić information content (AvgIpc) is 2.94. The summed E-state index contributed by atoms with van der Waals surface area (Å²) in [6.07, 6.45) is 6.69. The lowest BCUT2D eigenvalue weighted by Gasteiger charge is -2.46. The van der Waals surface area contributed by atoms with Crippen LogP contribution in [-0.2, 0) is 14.3 Å². The van der Waals surface area contributed by atoms with E-state index >= 15 is 0 Å². The Balaban J connectivity index is 1.86. The number of furan rings is 1. The van der Waals surface area contributed by atoms with Crippen molar-refractivity contribution in [3.8, 4) is 0 Å². The van der Waals surface area contributed by atoms with Gasteiger partial charge in [0.2, 0.25) is 0 Å². The lowest BCUT2D eigenvalue weighted by atomic mass is 9.60. The molecular weight excluding hydrogens is 244 g/mol. The van der Waals surface area contributed by atoms with E-state index < -0.39 is 11.7 Å². The highest BCUT2D eigenvalue weighted by molar-refractivity contribution is 5.83. The average molecular weight is 260 g/mol. The van der Waals surface area contributed by atoms with E-state index in [-0.39, 0.29) is 17.5 Å². The molecule has 100 valence electrons. The Morgan fingerprint density at radius 3 is 2.95 bits per heavy atom. The Labute approximate surface area is 111 Å². The number of rotatable bonds is 1. The maximum atomic E-state index is 12.1. The third-order valence-electron chi connectivity index (χ3n) is 5.04. The van der Waals surface area contributed by atoms with E-state index in [9.17, 15) is 4.79 Å². The van der Waals surface area contributed by atoms with Crippen molar-refractivity contribution in [2.24, 2.45) is 5.41 Å². The Kier molecular flexibility index (Phi) is 1.97. The van der Waals surface area contributed by atoms with Crippen LogP contribution in [0.25, 0.3) is 0 Å². The van der Waals surface area contributed by atoms with E-state index in [1.165, 1.54) is 0 Å². The van der Waals surface area contributed by atoms with Gasteiger partial charge in [0.05, 0.1) is 12.5 Å². The first-order chi connectivity index (χ1) is 9.09. The normalized spacial score (nSPS) is 43.9. The molecule has 0 saturated carbocycles. The third kappa shape index (κ3) is 1.16. The molecule has 0 N–H and O–H groups in total. The highest BCUT2D eigenvalue weighted by Gasteiger charge is 2.77. The molecule has 0 unspecified atom stereocenters. The second kappa shape index (κ2) is 3.31. The zero-order valence-corrected chi connectivity index (χ0v) is 11.0. The van der Waals surface area contributed by atoms with E-state index in [0.717, 1.165) is 24.0 Å². The first kappa shape index (κ1) is 11.3. The summed E-state index contributed by atoms with van der Waals surface area (Å²) >= 11 is 0. The van der Waals surface area contributed by atoms with E-state index in [1.54, 1.807) is 12.5 Å². The van der Waals surface area contributed by atoms with Crippen LogP contribution < -0.4 is 0 Å². The first-order valence-corrected chi connectivity index (χ1v) is 6.67. The van der Waals surface area contributed by atoms with Crippen LogP contribution in [0.2, 0.25) is 0 Å². The molecule has 1 aromatic rings. The lowest BCUT2D eigenvalue weighted by Crippen LogP contribution is -2.51. The molecule has 4 heteroatoms. The highest BCUT2D eigenvalue weighted by Crippen LogP contribution is 2.67. The molecule has 4 atom stereocenters. The minimum atomic E-state index is -0.456. The molecule has 0 radical (unpaired) electrons. The molecule has 1 aromatic heterocycles. The van der Waals surface area contributed by atoms with Gasteiger partial charge < -0.3 is 13.9 Å². The van der Waals surface area contributed by atoms with Crippen molar-refractivity contribution >= 4 is 5.97 Å². The minimum Gasteiger partial charge on any atom is -0.472 e. The molecule has 3 aliphatic rings. The quantitative estimate of drug-likeness (QED) is 0.442. The smallest absolute Gasteiger partial charge is 0.339 e. The summed E-state index contributed by atoms with van der Waals surface area (Å²) in [5.41, 5.74) is 1.41. The third-order valence-corrected chi connectivity index (χ3v) is 5.04. The van der Waals surface area contributed by atoms with Crippen LogP contribution >= 0.6 is 0 Å². The molecule has 2 saturated heterocycles. The number of hydrogen-bond donors (Lipinski definition) is 0. The van der Waals surface area contributed by atoms with Gasteiger partial charge in [-0.2, -0.15) is 0 Å². The number of carbonyl (C=O) groups is 1. The van der Waals surface area contributed by atoms with E-state index in [4.69, 9.17) is 13.9 Å². The molecule has 2 fully saturated rings. The number of hydrogen-bond acceptors (Lipinski definition) is 4. The van der Waals surface area contributed by atoms with Gasteiger partial charge in [-0.25, -0.2) is 4.79 Å². The Bertz CT molecular complexity index is 573. The van der Waals surface area contributed by atoms with Crippen molar-refractivity contribution in [1.29, 1.82) is 0 Å². The maximum Gasteiger partial charge on any atom is 0.339 e. The number of ether oxygens (including phenoxy) is 2. The van der Waals surface area contributed by atoms with Crippen LogP contribution in [0.15, 0.2) is 34.7 Å². The second-order valence-corrected chi connectivity index (χ2v) is 5.95. The van der Waals surface area contributed by atoms with Gasteiger partial charge in [0, 0.05) is 11.0 Å². The molecule has 19 heavy (non-hydrogen) atoms. The number of esters is 1. The fourth-order valence-electron chi connectivity index (χ4n) is 3.97. The van der Waals surface area contributed by atoms with Crippen molar-refractivity contribution in [3.05, 3.63) is 35.8 Å². The van der Waals surface area contributed by atoms with Crippen LogP contribution in [-0.4, -0.2) is 17.7 Å². The molecule has 1 spiro atoms. The summed E-state index contributed by atoms with van der Waals surface area (Å²) in [5, 5.41) is 0. The van der Waals surface area contributed by atoms with Gasteiger partial charge in [-0.05, 0) is 31.4 Å². The Morgan fingerprint density at radius 1 is 1.37 bits per heavy atom. The van der Waals surface area contributed by atoms with Gasteiger partial charge >= 0.3 is 5.97 Å². The monoisotopic (exact) mass is 260 g/mol. The van der Waals surface area contributed by atoms with Gasteiger partial charge in [-0.15, -0.1) is 0 Å². The van der Waals surface area contributed by atoms with Gasteiger partial charge in [0.15, 0.2) is 6.10 Å². The van der Waals surface area contributed by atoms with Crippen molar-refractivity contribution in [2.75, 3.05) is 0 Å². The Morgan fingerprint density at radius 2 is 2.21 bits per heavy atom. The fourth-order valence-corrected chi connectivity index (χ4v) is 3.97. The number of allylic oxidation sites excluding steroid dienone is 1.